The summed E-state index contributed by atoms with van der Waals surface area (Å²) >= 11 is 0. The molecule has 0 radical (unpaired) electrons. The zero-order valence-corrected chi connectivity index (χ0v) is 13.1. The highest BCUT2D eigenvalue weighted by Gasteiger charge is 2.35. The number of rotatable bonds is 3. The first-order valence-electron chi connectivity index (χ1n) is 8.13. The summed E-state index contributed by atoms with van der Waals surface area (Å²) in [6.45, 7) is 0.682. The minimum atomic E-state index is -0.367. The third-order valence-corrected chi connectivity index (χ3v) is 4.96. The van der Waals surface area contributed by atoms with Crippen LogP contribution in [-0.4, -0.2) is 36.5 Å². The van der Waals surface area contributed by atoms with Gasteiger partial charge in [-0.3, -0.25) is 4.79 Å². The Morgan fingerprint density at radius 1 is 1.23 bits per heavy atom. The van der Waals surface area contributed by atoms with Crippen molar-refractivity contribution in [2.24, 2.45) is 5.92 Å². The van der Waals surface area contributed by atoms with Crippen LogP contribution < -0.4 is 0 Å². The largest absolute Gasteiger partial charge is 0.467 e. The van der Waals surface area contributed by atoms with Gasteiger partial charge in [0.05, 0.1) is 7.11 Å². The first-order valence-corrected chi connectivity index (χ1v) is 8.13. The predicted octanol–water partition coefficient (Wildman–Crippen LogP) is 2.35. The number of ether oxygens (including phenoxy) is 1. The monoisotopic (exact) mass is 301 g/mol. The molecule has 1 saturated heterocycles. The summed E-state index contributed by atoms with van der Waals surface area (Å²) < 4.78 is 4.82. The van der Waals surface area contributed by atoms with Crippen molar-refractivity contribution in [3.63, 3.8) is 0 Å². The van der Waals surface area contributed by atoms with Crippen molar-refractivity contribution < 1.29 is 14.3 Å². The Kier molecular flexibility index (Phi) is 4.46. The fraction of sp³-hybridized carbons (Fsp3) is 0.556. The van der Waals surface area contributed by atoms with Crippen LogP contribution in [0.3, 0.4) is 0 Å². The van der Waals surface area contributed by atoms with Crippen molar-refractivity contribution in [1.82, 2.24) is 4.90 Å². The summed E-state index contributed by atoms with van der Waals surface area (Å²) in [6, 6.07) is 8.13. The Morgan fingerprint density at radius 3 is 2.77 bits per heavy atom. The van der Waals surface area contributed by atoms with Crippen molar-refractivity contribution in [2.45, 2.75) is 44.6 Å². The average Bonchev–Trinajstić information content (AvgIpc) is 3.03. The molecule has 1 aromatic carbocycles. The molecule has 2 atom stereocenters. The van der Waals surface area contributed by atoms with Gasteiger partial charge < -0.3 is 9.64 Å². The van der Waals surface area contributed by atoms with E-state index in [1.165, 1.54) is 18.2 Å². The Labute approximate surface area is 131 Å². The van der Waals surface area contributed by atoms with Gasteiger partial charge in [-0.15, -0.1) is 0 Å². The van der Waals surface area contributed by atoms with E-state index >= 15 is 0 Å². The normalized spacial score (nSPS) is 24.0. The van der Waals surface area contributed by atoms with Gasteiger partial charge in [-0.25, -0.2) is 4.79 Å². The van der Waals surface area contributed by atoms with Crippen LogP contribution in [0.4, 0.5) is 0 Å². The zero-order valence-electron chi connectivity index (χ0n) is 13.1. The van der Waals surface area contributed by atoms with Crippen LogP contribution >= 0.6 is 0 Å². The summed E-state index contributed by atoms with van der Waals surface area (Å²) in [7, 11) is 1.39. The molecule has 1 heterocycles. The predicted molar refractivity (Wildman–Crippen MR) is 83.3 cm³/mol. The molecule has 1 amide bonds. The number of amides is 1. The molecule has 1 aliphatic carbocycles. The molecule has 2 aliphatic rings. The fourth-order valence-electron chi connectivity index (χ4n) is 3.76. The van der Waals surface area contributed by atoms with Gasteiger partial charge >= 0.3 is 5.97 Å². The Balaban J connectivity index is 1.62. The van der Waals surface area contributed by atoms with Gasteiger partial charge in [0.2, 0.25) is 5.91 Å². The number of nitrogens with zero attached hydrogens (tertiary/aromatic N) is 1. The number of aryl methyl sites for hydroxylation is 1. The lowest BCUT2D eigenvalue weighted by Gasteiger charge is -2.28. The van der Waals surface area contributed by atoms with Crippen LogP contribution in [0, 0.1) is 5.92 Å². The van der Waals surface area contributed by atoms with Crippen molar-refractivity contribution in [3.05, 3.63) is 35.4 Å². The molecule has 0 unspecified atom stereocenters. The number of likely N-dealkylation sites (tertiary alicyclic amines) is 1. The van der Waals surface area contributed by atoms with Crippen LogP contribution in [0.25, 0.3) is 0 Å². The van der Waals surface area contributed by atoms with Crippen LogP contribution in [0.1, 0.15) is 36.8 Å². The van der Waals surface area contributed by atoms with Gasteiger partial charge in [0.15, 0.2) is 0 Å². The molecule has 4 nitrogen and oxygen atoms in total. The van der Waals surface area contributed by atoms with Gasteiger partial charge in [-0.2, -0.15) is 0 Å². The third-order valence-electron chi connectivity index (χ3n) is 4.96. The number of fused-ring (bicyclic) bond motifs is 1. The molecular formula is C18H23NO3. The second-order valence-electron chi connectivity index (χ2n) is 6.35. The summed E-state index contributed by atoms with van der Waals surface area (Å²) in [4.78, 5) is 26.1. The maximum atomic E-state index is 12.6. The van der Waals surface area contributed by atoms with Crippen molar-refractivity contribution in [2.75, 3.05) is 13.7 Å². The van der Waals surface area contributed by atoms with E-state index in [1.807, 2.05) is 0 Å². The number of esters is 1. The van der Waals surface area contributed by atoms with E-state index in [9.17, 15) is 9.59 Å². The molecule has 1 aliphatic heterocycles. The van der Waals surface area contributed by atoms with Crippen molar-refractivity contribution >= 4 is 11.9 Å². The van der Waals surface area contributed by atoms with Crippen LogP contribution in [0.15, 0.2) is 24.3 Å². The van der Waals surface area contributed by atoms with E-state index in [0.29, 0.717) is 18.9 Å². The Hall–Kier alpha value is -1.84. The van der Waals surface area contributed by atoms with Gasteiger partial charge in [0.1, 0.15) is 6.04 Å². The lowest BCUT2D eigenvalue weighted by Crippen LogP contribution is -2.42. The summed E-state index contributed by atoms with van der Waals surface area (Å²) in [5, 5.41) is 0. The van der Waals surface area contributed by atoms with Gasteiger partial charge in [0, 0.05) is 13.0 Å². The number of methoxy groups -OCH3 is 1. The minimum Gasteiger partial charge on any atom is -0.467 e. The first kappa shape index (κ1) is 15.1. The van der Waals surface area contributed by atoms with Crippen molar-refractivity contribution in [1.29, 1.82) is 0 Å². The molecular weight excluding hydrogens is 278 g/mol. The van der Waals surface area contributed by atoms with Gasteiger partial charge in [-0.05, 0) is 49.1 Å². The van der Waals surface area contributed by atoms with E-state index in [-0.39, 0.29) is 17.9 Å². The van der Waals surface area contributed by atoms with E-state index < -0.39 is 0 Å². The average molecular weight is 301 g/mol. The molecule has 0 saturated carbocycles. The van der Waals surface area contributed by atoms with Gasteiger partial charge in [0.25, 0.3) is 0 Å². The number of hydrogen-bond donors (Lipinski definition) is 0. The van der Waals surface area contributed by atoms with Crippen molar-refractivity contribution in [3.8, 4) is 0 Å². The molecule has 0 aromatic heterocycles. The maximum Gasteiger partial charge on any atom is 0.328 e. The van der Waals surface area contributed by atoms with E-state index in [1.54, 1.807) is 4.90 Å². The minimum absolute atomic E-state index is 0.109. The summed E-state index contributed by atoms with van der Waals surface area (Å²) in [5.74, 6) is 0.221. The van der Waals surface area contributed by atoms with Gasteiger partial charge in [-0.1, -0.05) is 24.3 Å². The lowest BCUT2D eigenvalue weighted by atomic mass is 9.82. The van der Waals surface area contributed by atoms with E-state index in [0.717, 1.165) is 32.1 Å². The van der Waals surface area contributed by atoms with Crippen LogP contribution in [0.2, 0.25) is 0 Å². The Morgan fingerprint density at radius 2 is 2.00 bits per heavy atom. The molecule has 118 valence electrons. The van der Waals surface area contributed by atoms with E-state index in [2.05, 4.69) is 24.3 Å². The molecule has 0 N–H and O–H groups in total. The molecule has 0 bridgehead atoms. The molecule has 1 aromatic rings. The number of carbonyl (C=O) groups excluding carboxylic acids is 2. The summed E-state index contributed by atoms with van der Waals surface area (Å²) in [5.41, 5.74) is 2.79. The second kappa shape index (κ2) is 6.51. The molecule has 4 heteroatoms. The molecule has 22 heavy (non-hydrogen) atoms. The van der Waals surface area contributed by atoms with Crippen LogP contribution in [0.5, 0.6) is 0 Å². The maximum absolute atomic E-state index is 12.6. The topological polar surface area (TPSA) is 46.6 Å². The first-order chi connectivity index (χ1) is 10.7. The lowest BCUT2D eigenvalue weighted by molar-refractivity contribution is -0.151. The second-order valence-corrected chi connectivity index (χ2v) is 6.35. The SMILES string of the molecule is COC(=O)[C@@H]1CCCN1C(=O)C[C@H]1CCc2ccccc2C1. The van der Waals surface area contributed by atoms with Crippen LogP contribution in [-0.2, 0) is 27.2 Å². The smallest absolute Gasteiger partial charge is 0.328 e. The van der Waals surface area contributed by atoms with E-state index in [4.69, 9.17) is 4.74 Å². The number of carbonyl (C=O) groups is 2. The number of hydrogen-bond acceptors (Lipinski definition) is 3. The highest BCUT2D eigenvalue weighted by Crippen LogP contribution is 2.29. The zero-order chi connectivity index (χ0) is 15.5. The number of benzene rings is 1. The molecule has 3 rings (SSSR count). The molecule has 0 spiro atoms. The quantitative estimate of drug-likeness (QED) is 0.805. The highest BCUT2D eigenvalue weighted by atomic mass is 16.5. The third kappa shape index (κ3) is 3.01. The molecule has 1 fully saturated rings. The summed E-state index contributed by atoms with van der Waals surface area (Å²) in [6.07, 6.45) is 5.24. The highest BCUT2D eigenvalue weighted by molar-refractivity contribution is 5.85. The Bertz CT molecular complexity index is 569. The standard InChI is InChI=1S/C18H23NO3/c1-22-18(21)16-7-4-10-19(16)17(20)12-13-8-9-14-5-2-3-6-15(14)11-13/h2-3,5-6,13,16H,4,7-12H2,1H3/t13-,16-/m0/s1. The fourth-order valence-corrected chi connectivity index (χ4v) is 3.76.